The van der Waals surface area contributed by atoms with Crippen LogP contribution in [0.4, 0.5) is 10.1 Å². The summed E-state index contributed by atoms with van der Waals surface area (Å²) in [6, 6.07) is 3.24. The van der Waals surface area contributed by atoms with Crippen LogP contribution < -0.4 is 5.32 Å². The molecule has 1 amide bonds. The molecule has 1 saturated heterocycles. The molecule has 1 aliphatic heterocycles. The van der Waals surface area contributed by atoms with Crippen LogP contribution in [0.3, 0.4) is 0 Å². The Morgan fingerprint density at radius 3 is 2.80 bits per heavy atom. The molecule has 8 heteroatoms. The zero-order chi connectivity index (χ0) is 14.0. The van der Waals surface area contributed by atoms with Crippen molar-refractivity contribution in [2.45, 2.75) is 13.0 Å². The third kappa shape index (κ3) is 3.43. The van der Waals surface area contributed by atoms with Crippen LogP contribution in [0.1, 0.15) is 17.3 Å². The number of nitrogens with zero attached hydrogens (tertiary/aromatic N) is 2. The highest BCUT2D eigenvalue weighted by Crippen LogP contribution is 2.18. The third-order valence-electron chi connectivity index (χ3n) is 3.05. The van der Waals surface area contributed by atoms with Crippen molar-refractivity contribution in [2.24, 2.45) is 0 Å². The molecule has 1 heterocycles. The Morgan fingerprint density at radius 2 is 2.25 bits per heavy atom. The second-order valence-electron chi connectivity index (χ2n) is 4.53. The third-order valence-corrected chi connectivity index (χ3v) is 3.05. The normalized spacial score (nSPS) is 18.3. The minimum atomic E-state index is -0.856. The molecule has 0 saturated carbocycles. The second kappa shape index (κ2) is 6.62. The van der Waals surface area contributed by atoms with Crippen molar-refractivity contribution in [3.8, 4) is 0 Å². The van der Waals surface area contributed by atoms with Crippen LogP contribution in [0.25, 0.3) is 0 Å². The maximum atomic E-state index is 13.7. The molecule has 0 aliphatic carbocycles. The predicted octanol–water partition coefficient (Wildman–Crippen LogP) is 1.59. The lowest BCUT2D eigenvalue weighted by Gasteiger charge is -2.32. The summed E-state index contributed by atoms with van der Waals surface area (Å²) in [4.78, 5) is 23.5. The van der Waals surface area contributed by atoms with Crippen LogP contribution in [0.2, 0.25) is 0 Å². The Morgan fingerprint density at radius 1 is 1.55 bits per heavy atom. The van der Waals surface area contributed by atoms with Gasteiger partial charge < -0.3 is 10.2 Å². The van der Waals surface area contributed by atoms with E-state index in [-0.39, 0.29) is 29.7 Å². The fraction of sp³-hybridized carbons (Fsp3) is 0.417. The molecule has 1 aromatic rings. The van der Waals surface area contributed by atoms with Gasteiger partial charge in [-0.25, -0.2) is 4.39 Å². The van der Waals surface area contributed by atoms with Gasteiger partial charge >= 0.3 is 0 Å². The number of hydrogen-bond donors (Lipinski definition) is 1. The monoisotopic (exact) mass is 303 g/mol. The summed E-state index contributed by atoms with van der Waals surface area (Å²) >= 11 is 0. The van der Waals surface area contributed by atoms with Gasteiger partial charge in [-0.3, -0.25) is 14.9 Å². The smallest absolute Gasteiger partial charge is 0.272 e. The van der Waals surface area contributed by atoms with Crippen LogP contribution in [0.15, 0.2) is 18.2 Å². The van der Waals surface area contributed by atoms with Crippen molar-refractivity contribution in [3.63, 3.8) is 0 Å². The molecule has 0 unspecified atom stereocenters. The highest BCUT2D eigenvalue weighted by molar-refractivity contribution is 5.94. The van der Waals surface area contributed by atoms with E-state index in [1.807, 2.05) is 6.92 Å². The summed E-state index contributed by atoms with van der Waals surface area (Å²) in [7, 11) is 0. The van der Waals surface area contributed by atoms with E-state index in [2.05, 4.69) is 5.32 Å². The Balaban J connectivity index is 0.00000200. The average Bonchev–Trinajstić information content (AvgIpc) is 2.37. The molecular weight excluding hydrogens is 289 g/mol. The van der Waals surface area contributed by atoms with E-state index in [9.17, 15) is 19.3 Å². The fourth-order valence-electron chi connectivity index (χ4n) is 2.08. The van der Waals surface area contributed by atoms with Crippen LogP contribution in [0, 0.1) is 15.9 Å². The summed E-state index contributed by atoms with van der Waals surface area (Å²) in [5.74, 6) is -1.29. The highest BCUT2D eigenvalue weighted by Gasteiger charge is 2.24. The lowest BCUT2D eigenvalue weighted by Crippen LogP contribution is -2.51. The van der Waals surface area contributed by atoms with Gasteiger partial charge in [0.15, 0.2) is 0 Å². The van der Waals surface area contributed by atoms with Gasteiger partial charge in [-0.05, 0) is 13.0 Å². The predicted molar refractivity (Wildman–Crippen MR) is 73.7 cm³/mol. The van der Waals surface area contributed by atoms with Gasteiger partial charge in [0.1, 0.15) is 5.82 Å². The maximum absolute atomic E-state index is 13.7. The number of hydrogen-bond acceptors (Lipinski definition) is 4. The molecule has 1 atom stereocenters. The van der Waals surface area contributed by atoms with Crippen LogP contribution in [0.5, 0.6) is 0 Å². The molecule has 110 valence electrons. The molecule has 0 radical (unpaired) electrons. The van der Waals surface area contributed by atoms with Crippen molar-refractivity contribution in [1.82, 2.24) is 10.2 Å². The molecule has 1 aliphatic rings. The molecule has 0 bridgehead atoms. The number of amides is 1. The van der Waals surface area contributed by atoms with E-state index in [1.165, 1.54) is 6.07 Å². The Labute approximate surface area is 121 Å². The molecule has 1 fully saturated rings. The average molecular weight is 304 g/mol. The number of rotatable bonds is 2. The zero-order valence-electron chi connectivity index (χ0n) is 10.8. The Hall–Kier alpha value is -1.73. The van der Waals surface area contributed by atoms with E-state index in [4.69, 9.17) is 0 Å². The number of nitrogens with one attached hydrogen (secondary N) is 1. The number of carbonyl (C=O) groups excluding carboxylic acids is 1. The molecule has 0 spiro atoms. The highest BCUT2D eigenvalue weighted by atomic mass is 35.5. The van der Waals surface area contributed by atoms with Crippen LogP contribution in [-0.4, -0.2) is 41.4 Å². The van der Waals surface area contributed by atoms with Crippen molar-refractivity contribution >= 4 is 24.0 Å². The summed E-state index contributed by atoms with van der Waals surface area (Å²) in [6.45, 7) is 3.59. The van der Waals surface area contributed by atoms with Gasteiger partial charge in [0.05, 0.1) is 16.6 Å². The Kier molecular flexibility index (Phi) is 5.41. The fourth-order valence-corrected chi connectivity index (χ4v) is 2.08. The van der Waals surface area contributed by atoms with Gasteiger partial charge in [-0.15, -0.1) is 12.4 Å². The molecule has 6 nitrogen and oxygen atoms in total. The number of halogens is 2. The topological polar surface area (TPSA) is 75.5 Å². The number of benzene rings is 1. The summed E-state index contributed by atoms with van der Waals surface area (Å²) < 4.78 is 13.7. The van der Waals surface area contributed by atoms with Crippen molar-refractivity contribution in [2.75, 3.05) is 19.6 Å². The standard InChI is InChI=1S/C12H14FN3O3.ClH/c1-8-7-15(5-4-14-8)12(17)10-3-2-9(16(18)19)6-11(10)13;/h2-3,6,8,14H,4-5,7H2,1H3;1H/t8-;/m0./s1. The van der Waals surface area contributed by atoms with Crippen LogP contribution >= 0.6 is 12.4 Å². The molecule has 1 N–H and O–H groups in total. The first-order valence-electron chi connectivity index (χ1n) is 5.95. The summed E-state index contributed by atoms with van der Waals surface area (Å²) in [5.41, 5.74) is -0.484. The number of non-ortho nitro benzene ring substituents is 1. The van der Waals surface area contributed by atoms with Gasteiger partial charge in [0, 0.05) is 31.7 Å². The molecule has 20 heavy (non-hydrogen) atoms. The minimum absolute atomic E-state index is 0. The van der Waals surface area contributed by atoms with E-state index >= 15 is 0 Å². The number of nitro groups is 1. The lowest BCUT2D eigenvalue weighted by molar-refractivity contribution is -0.385. The first-order chi connectivity index (χ1) is 8.99. The van der Waals surface area contributed by atoms with Crippen molar-refractivity contribution in [3.05, 3.63) is 39.7 Å². The molecule has 2 rings (SSSR count). The minimum Gasteiger partial charge on any atom is -0.336 e. The van der Waals surface area contributed by atoms with Gasteiger partial charge in [0.2, 0.25) is 0 Å². The molecule has 1 aromatic carbocycles. The molecular formula is C12H15ClFN3O3. The van der Waals surface area contributed by atoms with Crippen LogP contribution in [-0.2, 0) is 0 Å². The molecule has 0 aromatic heterocycles. The SMILES string of the molecule is C[C@H]1CN(C(=O)c2ccc([N+](=O)[O-])cc2F)CCN1.Cl. The van der Waals surface area contributed by atoms with Crippen molar-refractivity contribution in [1.29, 1.82) is 0 Å². The first kappa shape index (κ1) is 16.3. The van der Waals surface area contributed by atoms with Crippen molar-refractivity contribution < 1.29 is 14.1 Å². The van der Waals surface area contributed by atoms with Gasteiger partial charge in [0.25, 0.3) is 11.6 Å². The lowest BCUT2D eigenvalue weighted by atomic mass is 10.1. The summed E-state index contributed by atoms with van der Waals surface area (Å²) in [5, 5.41) is 13.7. The quantitative estimate of drug-likeness (QED) is 0.665. The number of piperazine rings is 1. The van der Waals surface area contributed by atoms with E-state index in [0.717, 1.165) is 12.1 Å². The van der Waals surface area contributed by atoms with E-state index in [1.54, 1.807) is 4.90 Å². The summed E-state index contributed by atoms with van der Waals surface area (Å²) in [6.07, 6.45) is 0. The number of carbonyl (C=O) groups is 1. The zero-order valence-corrected chi connectivity index (χ0v) is 11.7. The van der Waals surface area contributed by atoms with Gasteiger partial charge in [-0.1, -0.05) is 0 Å². The van der Waals surface area contributed by atoms with E-state index < -0.39 is 16.6 Å². The second-order valence-corrected chi connectivity index (χ2v) is 4.53. The Bertz CT molecular complexity index is 527. The maximum Gasteiger partial charge on any atom is 0.272 e. The number of nitro benzene ring substituents is 1. The van der Waals surface area contributed by atoms with Gasteiger partial charge in [-0.2, -0.15) is 0 Å². The first-order valence-corrected chi connectivity index (χ1v) is 5.95. The largest absolute Gasteiger partial charge is 0.336 e. The van der Waals surface area contributed by atoms with E-state index in [0.29, 0.717) is 19.6 Å².